The van der Waals surface area contributed by atoms with E-state index in [0.717, 1.165) is 37.1 Å². The van der Waals surface area contributed by atoms with Crippen molar-refractivity contribution >= 4 is 29.9 Å². The fourth-order valence-electron chi connectivity index (χ4n) is 3.15. The third-order valence-electron chi connectivity index (χ3n) is 4.57. The van der Waals surface area contributed by atoms with Crippen molar-refractivity contribution in [3.8, 4) is 11.5 Å². The molecule has 1 heterocycles. The molecule has 1 aliphatic heterocycles. The van der Waals surface area contributed by atoms with Gasteiger partial charge in [0, 0.05) is 19.6 Å². The molecule has 1 aliphatic rings. The van der Waals surface area contributed by atoms with Gasteiger partial charge in [0.25, 0.3) is 0 Å². The minimum Gasteiger partial charge on any atom is -0.493 e. The maximum absolute atomic E-state index is 5.45. The SMILES string of the molecule is CCNC(=NCC(c1ccc(OC)c(OC)c1)N(C)C)N1CCCC1.I. The van der Waals surface area contributed by atoms with Crippen molar-refractivity contribution in [3.63, 3.8) is 0 Å². The Labute approximate surface area is 175 Å². The van der Waals surface area contributed by atoms with Crippen molar-refractivity contribution in [2.45, 2.75) is 25.8 Å². The molecule has 0 spiro atoms. The third-order valence-corrected chi connectivity index (χ3v) is 4.57. The van der Waals surface area contributed by atoms with Gasteiger partial charge in [0.1, 0.15) is 0 Å². The van der Waals surface area contributed by atoms with E-state index >= 15 is 0 Å². The summed E-state index contributed by atoms with van der Waals surface area (Å²) in [5, 5.41) is 3.42. The Balaban J connectivity index is 0.00000338. The lowest BCUT2D eigenvalue weighted by Crippen LogP contribution is -2.40. The normalized spacial score (nSPS) is 15.6. The van der Waals surface area contributed by atoms with E-state index in [9.17, 15) is 0 Å². The fourth-order valence-corrected chi connectivity index (χ4v) is 3.15. The molecule has 6 nitrogen and oxygen atoms in total. The molecule has 1 saturated heterocycles. The van der Waals surface area contributed by atoms with Gasteiger partial charge in [-0.1, -0.05) is 6.07 Å². The Morgan fingerprint density at radius 1 is 1.19 bits per heavy atom. The number of nitrogens with zero attached hydrogens (tertiary/aromatic N) is 3. The predicted octanol–water partition coefficient (Wildman–Crippen LogP) is 2.99. The highest BCUT2D eigenvalue weighted by molar-refractivity contribution is 14.0. The van der Waals surface area contributed by atoms with E-state index in [0.29, 0.717) is 6.54 Å². The summed E-state index contributed by atoms with van der Waals surface area (Å²) in [6.07, 6.45) is 2.49. The van der Waals surface area contributed by atoms with Crippen LogP contribution in [0, 0.1) is 0 Å². The van der Waals surface area contributed by atoms with Crippen LogP contribution in [0.4, 0.5) is 0 Å². The molecule has 0 bridgehead atoms. The van der Waals surface area contributed by atoms with Gasteiger partial charge in [-0.15, -0.1) is 24.0 Å². The van der Waals surface area contributed by atoms with Crippen LogP contribution in [0.5, 0.6) is 11.5 Å². The number of halogens is 1. The molecule has 1 N–H and O–H groups in total. The van der Waals surface area contributed by atoms with Crippen LogP contribution in [0.1, 0.15) is 31.4 Å². The Hall–Kier alpha value is -1.22. The van der Waals surface area contributed by atoms with Crippen molar-refractivity contribution in [3.05, 3.63) is 23.8 Å². The molecule has 1 fully saturated rings. The first-order chi connectivity index (χ1) is 12.1. The van der Waals surface area contributed by atoms with Gasteiger partial charge in [0.05, 0.1) is 26.8 Å². The summed E-state index contributed by atoms with van der Waals surface area (Å²) >= 11 is 0. The molecule has 7 heteroatoms. The van der Waals surface area contributed by atoms with Gasteiger partial charge < -0.3 is 24.6 Å². The standard InChI is InChI=1S/C19H32N4O2.HI/c1-6-20-19(23-11-7-8-12-23)21-14-16(22(2)3)15-9-10-17(24-4)18(13-15)25-5;/h9-10,13,16H,6-8,11-12,14H2,1-5H3,(H,20,21);1H. The highest BCUT2D eigenvalue weighted by Crippen LogP contribution is 2.31. The van der Waals surface area contributed by atoms with E-state index in [2.05, 4.69) is 42.2 Å². The second-order valence-corrected chi connectivity index (χ2v) is 6.48. The molecule has 26 heavy (non-hydrogen) atoms. The van der Waals surface area contributed by atoms with Crippen LogP contribution in [-0.2, 0) is 0 Å². The second-order valence-electron chi connectivity index (χ2n) is 6.48. The van der Waals surface area contributed by atoms with Gasteiger partial charge in [0.15, 0.2) is 17.5 Å². The van der Waals surface area contributed by atoms with E-state index in [1.54, 1.807) is 14.2 Å². The minimum atomic E-state index is 0. The summed E-state index contributed by atoms with van der Waals surface area (Å²) in [6, 6.07) is 6.27. The summed E-state index contributed by atoms with van der Waals surface area (Å²) < 4.78 is 10.8. The lowest BCUT2D eigenvalue weighted by molar-refractivity contribution is 0.302. The summed E-state index contributed by atoms with van der Waals surface area (Å²) in [5.74, 6) is 2.52. The Kier molecular flexibility index (Phi) is 10.1. The maximum Gasteiger partial charge on any atom is 0.193 e. The average Bonchev–Trinajstić information content (AvgIpc) is 3.15. The van der Waals surface area contributed by atoms with Gasteiger partial charge in [0.2, 0.25) is 0 Å². The molecule has 0 saturated carbocycles. The molecule has 0 aromatic heterocycles. The number of guanidine groups is 1. The van der Waals surface area contributed by atoms with Gasteiger partial charge in [-0.25, -0.2) is 0 Å². The number of hydrogen-bond acceptors (Lipinski definition) is 4. The van der Waals surface area contributed by atoms with Gasteiger partial charge in [-0.3, -0.25) is 4.99 Å². The molecular formula is C19H33IN4O2. The predicted molar refractivity (Wildman–Crippen MR) is 118 cm³/mol. The molecule has 148 valence electrons. The topological polar surface area (TPSA) is 49.3 Å². The van der Waals surface area contributed by atoms with Crippen molar-refractivity contribution in [2.24, 2.45) is 4.99 Å². The van der Waals surface area contributed by atoms with E-state index in [1.165, 1.54) is 18.4 Å². The highest BCUT2D eigenvalue weighted by atomic mass is 127. The number of ether oxygens (including phenoxy) is 2. The largest absolute Gasteiger partial charge is 0.493 e. The Bertz CT molecular complexity index is 575. The van der Waals surface area contributed by atoms with E-state index in [4.69, 9.17) is 14.5 Å². The van der Waals surface area contributed by atoms with E-state index in [-0.39, 0.29) is 30.0 Å². The quantitative estimate of drug-likeness (QED) is 0.373. The number of aliphatic imine (C=N–C) groups is 1. The zero-order valence-corrected chi connectivity index (χ0v) is 18.9. The zero-order chi connectivity index (χ0) is 18.2. The van der Waals surface area contributed by atoms with Crippen LogP contribution >= 0.6 is 24.0 Å². The van der Waals surface area contributed by atoms with Crippen LogP contribution < -0.4 is 14.8 Å². The number of rotatable bonds is 7. The first-order valence-electron chi connectivity index (χ1n) is 9.02. The van der Waals surface area contributed by atoms with Crippen molar-refractivity contribution in [1.82, 2.24) is 15.1 Å². The highest BCUT2D eigenvalue weighted by Gasteiger charge is 2.19. The number of methoxy groups -OCH3 is 2. The number of hydrogen-bond donors (Lipinski definition) is 1. The number of nitrogens with one attached hydrogen (secondary N) is 1. The van der Waals surface area contributed by atoms with Crippen molar-refractivity contribution in [2.75, 3.05) is 54.5 Å². The average molecular weight is 476 g/mol. The summed E-state index contributed by atoms with van der Waals surface area (Å²) in [6.45, 7) is 5.88. The molecule has 1 aromatic carbocycles. The molecule has 0 radical (unpaired) electrons. The molecule has 0 amide bonds. The molecule has 1 unspecified atom stereocenters. The van der Waals surface area contributed by atoms with E-state index in [1.807, 2.05) is 12.1 Å². The molecule has 2 rings (SSSR count). The van der Waals surface area contributed by atoms with Crippen LogP contribution in [-0.4, -0.2) is 70.3 Å². The second kappa shape index (κ2) is 11.5. The van der Waals surface area contributed by atoms with Gasteiger partial charge in [-0.2, -0.15) is 0 Å². The summed E-state index contributed by atoms with van der Waals surface area (Å²) in [4.78, 5) is 9.45. The van der Waals surface area contributed by atoms with Crippen molar-refractivity contribution < 1.29 is 9.47 Å². The van der Waals surface area contributed by atoms with Crippen LogP contribution in [0.2, 0.25) is 0 Å². The zero-order valence-electron chi connectivity index (χ0n) is 16.6. The third kappa shape index (κ3) is 5.90. The van der Waals surface area contributed by atoms with Gasteiger partial charge >= 0.3 is 0 Å². The molecule has 1 atom stereocenters. The number of benzene rings is 1. The van der Waals surface area contributed by atoms with Gasteiger partial charge in [-0.05, 0) is 51.6 Å². The summed E-state index contributed by atoms with van der Waals surface area (Å²) in [5.41, 5.74) is 1.17. The molecular weight excluding hydrogens is 443 g/mol. The maximum atomic E-state index is 5.45. The number of likely N-dealkylation sites (N-methyl/N-ethyl adjacent to an activating group) is 1. The Morgan fingerprint density at radius 3 is 2.38 bits per heavy atom. The molecule has 0 aliphatic carbocycles. The first-order valence-corrected chi connectivity index (χ1v) is 9.02. The molecule has 1 aromatic rings. The van der Waals surface area contributed by atoms with Crippen molar-refractivity contribution in [1.29, 1.82) is 0 Å². The fraction of sp³-hybridized carbons (Fsp3) is 0.632. The first kappa shape index (κ1) is 22.8. The smallest absolute Gasteiger partial charge is 0.193 e. The monoisotopic (exact) mass is 476 g/mol. The lowest BCUT2D eigenvalue weighted by atomic mass is 10.1. The lowest BCUT2D eigenvalue weighted by Gasteiger charge is -2.26. The minimum absolute atomic E-state index is 0. The van der Waals surface area contributed by atoms with E-state index < -0.39 is 0 Å². The summed E-state index contributed by atoms with van der Waals surface area (Å²) in [7, 11) is 7.49. The van der Waals surface area contributed by atoms with Crippen LogP contribution in [0.25, 0.3) is 0 Å². The van der Waals surface area contributed by atoms with Crippen LogP contribution in [0.15, 0.2) is 23.2 Å². The Morgan fingerprint density at radius 2 is 1.85 bits per heavy atom. The number of likely N-dealkylation sites (tertiary alicyclic amines) is 1. The van der Waals surface area contributed by atoms with Crippen LogP contribution in [0.3, 0.4) is 0 Å².